The molecule has 0 bridgehead atoms. The van der Waals surface area contributed by atoms with Gasteiger partial charge in [0.15, 0.2) is 0 Å². The molecule has 1 aliphatic heterocycles. The Bertz CT molecular complexity index is 160. The summed E-state index contributed by atoms with van der Waals surface area (Å²) >= 11 is 0. The number of hydrogen-bond donors (Lipinski definition) is 0. The smallest absolute Gasteiger partial charge is 0.0319 e. The third kappa shape index (κ3) is 0.968. The standard InChI is InChI=1S/C9H17N/c1-10-7-3-5-8-4-2-6-9(8)10/h8-9H,2-7H2,1H3/t8-,9+/m0/s1/i8D. The van der Waals surface area contributed by atoms with E-state index in [0.29, 0.717) is 6.04 Å². The lowest BCUT2D eigenvalue weighted by molar-refractivity contribution is 0.144. The van der Waals surface area contributed by atoms with E-state index in [-0.39, 0.29) is 5.89 Å². The fourth-order valence-electron chi connectivity index (χ4n) is 2.43. The lowest BCUT2D eigenvalue weighted by Crippen LogP contribution is -2.39. The molecule has 0 aromatic heterocycles. The van der Waals surface area contributed by atoms with Gasteiger partial charge in [-0.1, -0.05) is 6.42 Å². The maximum absolute atomic E-state index is 8.23. The van der Waals surface area contributed by atoms with Crippen molar-refractivity contribution in [3.05, 3.63) is 0 Å². The van der Waals surface area contributed by atoms with E-state index in [1.807, 2.05) is 0 Å². The van der Waals surface area contributed by atoms with Gasteiger partial charge in [0.25, 0.3) is 0 Å². The lowest BCUT2D eigenvalue weighted by Gasteiger charge is -2.34. The van der Waals surface area contributed by atoms with Crippen LogP contribution in [0.4, 0.5) is 0 Å². The molecule has 0 aromatic carbocycles. The Morgan fingerprint density at radius 1 is 1.30 bits per heavy atom. The van der Waals surface area contributed by atoms with Crippen molar-refractivity contribution in [2.45, 2.75) is 38.1 Å². The third-order valence-electron chi connectivity index (χ3n) is 2.99. The number of rotatable bonds is 0. The Morgan fingerprint density at radius 3 is 2.90 bits per heavy atom. The van der Waals surface area contributed by atoms with Gasteiger partial charge < -0.3 is 4.90 Å². The fourth-order valence-corrected chi connectivity index (χ4v) is 2.43. The zero-order chi connectivity index (χ0) is 7.90. The Labute approximate surface area is 64.8 Å². The molecule has 1 heterocycles. The Hall–Kier alpha value is -0.0400. The molecule has 2 atom stereocenters. The molecule has 0 spiro atoms. The van der Waals surface area contributed by atoms with Crippen LogP contribution in [0.15, 0.2) is 0 Å². The molecular formula is C9H17N. The second-order valence-electron chi connectivity index (χ2n) is 3.65. The highest BCUT2D eigenvalue weighted by Crippen LogP contribution is 2.35. The number of fused-ring (bicyclic) bond motifs is 1. The highest BCUT2D eigenvalue weighted by Gasteiger charge is 2.32. The molecule has 1 saturated heterocycles. The summed E-state index contributed by atoms with van der Waals surface area (Å²) in [5.41, 5.74) is 0. The minimum Gasteiger partial charge on any atom is -0.303 e. The van der Waals surface area contributed by atoms with Crippen molar-refractivity contribution in [3.8, 4) is 0 Å². The quantitative estimate of drug-likeness (QED) is 0.496. The van der Waals surface area contributed by atoms with E-state index in [0.717, 1.165) is 12.8 Å². The van der Waals surface area contributed by atoms with Crippen molar-refractivity contribution in [1.82, 2.24) is 4.90 Å². The molecule has 1 saturated carbocycles. The number of hydrogen-bond acceptors (Lipinski definition) is 1. The van der Waals surface area contributed by atoms with E-state index in [2.05, 4.69) is 11.9 Å². The van der Waals surface area contributed by atoms with Gasteiger partial charge in [-0.05, 0) is 45.2 Å². The number of nitrogens with zero attached hydrogens (tertiary/aromatic N) is 1. The van der Waals surface area contributed by atoms with Crippen LogP contribution in [-0.4, -0.2) is 24.5 Å². The van der Waals surface area contributed by atoms with Crippen molar-refractivity contribution in [1.29, 1.82) is 0 Å². The zero-order valence-electron chi connectivity index (χ0n) is 7.77. The van der Waals surface area contributed by atoms with E-state index in [1.54, 1.807) is 0 Å². The monoisotopic (exact) mass is 140 g/mol. The van der Waals surface area contributed by atoms with Gasteiger partial charge in [-0.15, -0.1) is 0 Å². The van der Waals surface area contributed by atoms with Crippen LogP contribution < -0.4 is 0 Å². The SMILES string of the molecule is [2H][C@@]12CCC[C@H]1N(C)CCC2. The molecule has 10 heavy (non-hydrogen) atoms. The van der Waals surface area contributed by atoms with Crippen LogP contribution in [0.3, 0.4) is 0 Å². The van der Waals surface area contributed by atoms with Crippen LogP contribution >= 0.6 is 0 Å². The van der Waals surface area contributed by atoms with Gasteiger partial charge in [0.2, 0.25) is 0 Å². The van der Waals surface area contributed by atoms with E-state index >= 15 is 0 Å². The first-order chi connectivity index (χ1) is 5.22. The molecule has 0 N–H and O–H groups in total. The molecule has 0 unspecified atom stereocenters. The second kappa shape index (κ2) is 2.54. The average Bonchev–Trinajstić information content (AvgIpc) is 2.31. The van der Waals surface area contributed by atoms with E-state index in [4.69, 9.17) is 1.37 Å². The van der Waals surface area contributed by atoms with Crippen molar-refractivity contribution >= 4 is 0 Å². The van der Waals surface area contributed by atoms with E-state index < -0.39 is 0 Å². The Balaban J connectivity index is 2.15. The van der Waals surface area contributed by atoms with Crippen molar-refractivity contribution in [2.75, 3.05) is 13.6 Å². The summed E-state index contributed by atoms with van der Waals surface area (Å²) in [5.74, 6) is -0.0625. The highest BCUT2D eigenvalue weighted by atomic mass is 15.1. The Kier molecular flexibility index (Phi) is 1.42. The van der Waals surface area contributed by atoms with Crippen molar-refractivity contribution in [2.24, 2.45) is 5.89 Å². The van der Waals surface area contributed by atoms with E-state index in [9.17, 15) is 0 Å². The minimum atomic E-state index is -0.0625. The van der Waals surface area contributed by atoms with Gasteiger partial charge >= 0.3 is 0 Å². The summed E-state index contributed by atoms with van der Waals surface area (Å²) in [6.45, 7) is 1.21. The largest absolute Gasteiger partial charge is 0.303 e. The van der Waals surface area contributed by atoms with Gasteiger partial charge in [-0.2, -0.15) is 0 Å². The first kappa shape index (κ1) is 5.59. The summed E-state index contributed by atoms with van der Waals surface area (Å²) in [7, 11) is 2.18. The highest BCUT2D eigenvalue weighted by molar-refractivity contribution is 4.87. The van der Waals surface area contributed by atoms with Crippen LogP contribution in [0.2, 0.25) is 0 Å². The fraction of sp³-hybridized carbons (Fsp3) is 1.00. The summed E-state index contributed by atoms with van der Waals surface area (Å²) in [5, 5.41) is 0. The summed E-state index contributed by atoms with van der Waals surface area (Å²) in [6, 6.07) is 0.580. The van der Waals surface area contributed by atoms with Crippen LogP contribution in [-0.2, 0) is 0 Å². The third-order valence-corrected chi connectivity index (χ3v) is 2.99. The normalized spacial score (nSPS) is 50.5. The van der Waals surface area contributed by atoms with Crippen LogP contribution in [0.25, 0.3) is 0 Å². The molecular weight excluding hydrogens is 122 g/mol. The van der Waals surface area contributed by atoms with Gasteiger partial charge in [0, 0.05) is 7.41 Å². The average molecular weight is 140 g/mol. The predicted octanol–water partition coefficient (Wildman–Crippen LogP) is 1.88. The molecule has 1 heteroatoms. The summed E-state index contributed by atoms with van der Waals surface area (Å²) in [6.07, 6.45) is 6.05. The number of piperidine rings is 1. The van der Waals surface area contributed by atoms with Crippen molar-refractivity contribution in [3.63, 3.8) is 0 Å². The van der Waals surface area contributed by atoms with Gasteiger partial charge in [-0.3, -0.25) is 0 Å². The van der Waals surface area contributed by atoms with Gasteiger partial charge in [-0.25, -0.2) is 0 Å². The van der Waals surface area contributed by atoms with Gasteiger partial charge in [0.05, 0.1) is 0 Å². The summed E-state index contributed by atoms with van der Waals surface area (Å²) < 4.78 is 8.23. The molecule has 58 valence electrons. The van der Waals surface area contributed by atoms with Crippen LogP contribution in [0, 0.1) is 5.89 Å². The first-order valence-electron chi connectivity index (χ1n) is 4.93. The van der Waals surface area contributed by atoms with Crippen molar-refractivity contribution < 1.29 is 1.37 Å². The maximum Gasteiger partial charge on any atom is 0.0319 e. The first-order valence-corrected chi connectivity index (χ1v) is 4.43. The minimum absolute atomic E-state index is 0.0625. The number of likely N-dealkylation sites (tertiary alicyclic amines) is 1. The van der Waals surface area contributed by atoms with Crippen LogP contribution in [0.1, 0.15) is 33.5 Å². The lowest BCUT2D eigenvalue weighted by atomic mass is 9.93. The molecule has 2 rings (SSSR count). The molecule has 2 aliphatic rings. The van der Waals surface area contributed by atoms with Crippen LogP contribution in [0.5, 0.6) is 0 Å². The molecule has 0 amide bonds. The second-order valence-corrected chi connectivity index (χ2v) is 3.65. The molecule has 1 nitrogen and oxygen atoms in total. The summed E-state index contributed by atoms with van der Waals surface area (Å²) in [4.78, 5) is 2.39. The molecule has 0 radical (unpaired) electrons. The molecule has 0 aromatic rings. The van der Waals surface area contributed by atoms with E-state index in [1.165, 1.54) is 25.8 Å². The predicted molar refractivity (Wildman–Crippen MR) is 43.0 cm³/mol. The Morgan fingerprint density at radius 2 is 2.10 bits per heavy atom. The maximum atomic E-state index is 8.23. The molecule has 2 fully saturated rings. The van der Waals surface area contributed by atoms with Gasteiger partial charge in [0.1, 0.15) is 0 Å². The topological polar surface area (TPSA) is 3.24 Å². The zero-order valence-corrected chi connectivity index (χ0v) is 6.77. The molecule has 1 aliphatic carbocycles.